The monoisotopic (exact) mass is 467 g/mol. The predicted octanol–water partition coefficient (Wildman–Crippen LogP) is 5.19. The second-order valence-electron chi connectivity index (χ2n) is 8.76. The zero-order valence-corrected chi connectivity index (χ0v) is 20.3. The molecular formula is C29H29N3O3. The molecule has 0 N–H and O–H groups in total. The first-order valence-corrected chi connectivity index (χ1v) is 11.8. The molecule has 6 nitrogen and oxygen atoms in total. The van der Waals surface area contributed by atoms with Gasteiger partial charge in [0.2, 0.25) is 0 Å². The highest BCUT2D eigenvalue weighted by molar-refractivity contribution is 6.07. The number of amides is 1. The maximum atomic E-state index is 13.8. The third-order valence-corrected chi connectivity index (χ3v) is 6.57. The Hall–Kier alpha value is -4.06. The zero-order valence-electron chi connectivity index (χ0n) is 20.3. The Morgan fingerprint density at radius 3 is 2.31 bits per heavy atom. The van der Waals surface area contributed by atoms with E-state index < -0.39 is 0 Å². The van der Waals surface area contributed by atoms with E-state index in [1.54, 1.807) is 14.2 Å². The van der Waals surface area contributed by atoms with Gasteiger partial charge in [0.1, 0.15) is 11.5 Å². The number of carbonyl (C=O) groups is 1. The van der Waals surface area contributed by atoms with Gasteiger partial charge >= 0.3 is 0 Å². The highest BCUT2D eigenvalue weighted by Gasteiger charge is 2.25. The molecule has 0 atom stereocenters. The molecule has 0 saturated carbocycles. The molecule has 1 saturated heterocycles. The van der Waals surface area contributed by atoms with E-state index in [1.165, 1.54) is 0 Å². The summed E-state index contributed by atoms with van der Waals surface area (Å²) in [6.45, 7) is 4.82. The van der Waals surface area contributed by atoms with Gasteiger partial charge in [-0.2, -0.15) is 0 Å². The number of anilines is 1. The Balaban J connectivity index is 1.45. The van der Waals surface area contributed by atoms with Gasteiger partial charge in [0.15, 0.2) is 0 Å². The SMILES string of the molecule is COc1ccc(-c2cc(C(=O)N3CCN(c4ccccc4OC)CC3)c3cc(C)ccc3n2)cc1. The van der Waals surface area contributed by atoms with Crippen LogP contribution in [0.4, 0.5) is 5.69 Å². The summed E-state index contributed by atoms with van der Waals surface area (Å²) in [5, 5.41) is 0.888. The minimum atomic E-state index is 0.0393. The number of ether oxygens (including phenoxy) is 2. The lowest BCUT2D eigenvalue weighted by Gasteiger charge is -2.36. The lowest BCUT2D eigenvalue weighted by atomic mass is 10.0. The molecule has 0 radical (unpaired) electrons. The minimum Gasteiger partial charge on any atom is -0.497 e. The lowest BCUT2D eigenvalue weighted by Crippen LogP contribution is -2.49. The summed E-state index contributed by atoms with van der Waals surface area (Å²) in [6, 6.07) is 23.8. The van der Waals surface area contributed by atoms with Gasteiger partial charge in [-0.15, -0.1) is 0 Å². The van der Waals surface area contributed by atoms with Crippen LogP contribution in [-0.4, -0.2) is 56.2 Å². The summed E-state index contributed by atoms with van der Waals surface area (Å²) in [7, 11) is 3.34. The quantitative estimate of drug-likeness (QED) is 0.404. The topological polar surface area (TPSA) is 54.9 Å². The van der Waals surface area contributed by atoms with E-state index in [0.29, 0.717) is 18.7 Å². The molecule has 0 spiro atoms. The number of methoxy groups -OCH3 is 2. The Labute approximate surface area is 205 Å². The van der Waals surface area contributed by atoms with Gasteiger partial charge in [0.05, 0.1) is 36.7 Å². The number of hydrogen-bond donors (Lipinski definition) is 0. The van der Waals surface area contributed by atoms with Crippen molar-refractivity contribution < 1.29 is 14.3 Å². The summed E-state index contributed by atoms with van der Waals surface area (Å²) < 4.78 is 10.8. The molecule has 5 rings (SSSR count). The van der Waals surface area contributed by atoms with Crippen molar-refractivity contribution in [1.82, 2.24) is 9.88 Å². The number of para-hydroxylation sites is 2. The molecule has 1 aliphatic rings. The Kier molecular flexibility index (Phi) is 6.27. The van der Waals surface area contributed by atoms with Crippen molar-refractivity contribution in [2.45, 2.75) is 6.92 Å². The molecule has 35 heavy (non-hydrogen) atoms. The molecule has 3 aromatic carbocycles. The van der Waals surface area contributed by atoms with Crippen LogP contribution < -0.4 is 14.4 Å². The van der Waals surface area contributed by atoms with Crippen molar-refractivity contribution in [1.29, 1.82) is 0 Å². The van der Waals surface area contributed by atoms with Crippen molar-refractivity contribution in [2.75, 3.05) is 45.3 Å². The van der Waals surface area contributed by atoms with Gasteiger partial charge in [0, 0.05) is 37.1 Å². The van der Waals surface area contributed by atoms with Crippen molar-refractivity contribution in [3.05, 3.63) is 83.9 Å². The maximum absolute atomic E-state index is 13.8. The second kappa shape index (κ2) is 9.66. The van der Waals surface area contributed by atoms with E-state index >= 15 is 0 Å². The number of hydrogen-bond acceptors (Lipinski definition) is 5. The largest absolute Gasteiger partial charge is 0.497 e. The van der Waals surface area contributed by atoms with E-state index in [2.05, 4.69) is 17.0 Å². The molecule has 0 unspecified atom stereocenters. The van der Waals surface area contributed by atoms with Crippen LogP contribution in [-0.2, 0) is 0 Å². The number of piperazine rings is 1. The van der Waals surface area contributed by atoms with E-state index in [9.17, 15) is 4.79 Å². The highest BCUT2D eigenvalue weighted by Crippen LogP contribution is 2.30. The highest BCUT2D eigenvalue weighted by atomic mass is 16.5. The smallest absolute Gasteiger partial charge is 0.254 e. The fourth-order valence-electron chi connectivity index (χ4n) is 4.64. The Morgan fingerprint density at radius 1 is 0.857 bits per heavy atom. The minimum absolute atomic E-state index is 0.0393. The first-order chi connectivity index (χ1) is 17.1. The predicted molar refractivity (Wildman–Crippen MR) is 140 cm³/mol. The molecule has 1 aliphatic heterocycles. The number of benzene rings is 3. The van der Waals surface area contributed by atoms with Crippen LogP contribution in [0.1, 0.15) is 15.9 Å². The molecule has 0 bridgehead atoms. The summed E-state index contributed by atoms with van der Waals surface area (Å²) in [5.74, 6) is 1.68. The van der Waals surface area contributed by atoms with Crippen LogP contribution in [0.15, 0.2) is 72.8 Å². The van der Waals surface area contributed by atoms with Gasteiger partial charge in [0.25, 0.3) is 5.91 Å². The van der Waals surface area contributed by atoms with Gasteiger partial charge in [-0.25, -0.2) is 4.98 Å². The normalized spacial score (nSPS) is 13.7. The fourth-order valence-corrected chi connectivity index (χ4v) is 4.64. The standard InChI is InChI=1S/C29H29N3O3/c1-20-8-13-25-23(18-20)24(19-26(30-25)21-9-11-22(34-2)12-10-21)29(33)32-16-14-31(15-17-32)27-6-4-5-7-28(27)35-3/h4-13,18-19H,14-17H2,1-3H3. The van der Waals surface area contributed by atoms with Crippen LogP contribution in [0.25, 0.3) is 22.2 Å². The average molecular weight is 468 g/mol. The van der Waals surface area contributed by atoms with E-state index in [-0.39, 0.29) is 5.91 Å². The zero-order chi connectivity index (χ0) is 24.4. The van der Waals surface area contributed by atoms with Gasteiger partial charge in [-0.3, -0.25) is 4.79 Å². The molecule has 6 heteroatoms. The number of aryl methyl sites for hydroxylation is 1. The van der Waals surface area contributed by atoms with Crippen LogP contribution in [0.2, 0.25) is 0 Å². The van der Waals surface area contributed by atoms with Crippen LogP contribution in [0.3, 0.4) is 0 Å². The maximum Gasteiger partial charge on any atom is 0.254 e. The van der Waals surface area contributed by atoms with E-state index in [4.69, 9.17) is 14.5 Å². The number of carbonyl (C=O) groups excluding carboxylic acids is 1. The van der Waals surface area contributed by atoms with Gasteiger partial charge in [-0.1, -0.05) is 23.8 Å². The van der Waals surface area contributed by atoms with Crippen LogP contribution in [0, 0.1) is 6.92 Å². The molecule has 0 aliphatic carbocycles. The number of fused-ring (bicyclic) bond motifs is 1. The summed E-state index contributed by atoms with van der Waals surface area (Å²) in [4.78, 5) is 22.9. The second-order valence-corrected chi connectivity index (χ2v) is 8.76. The molecule has 1 aromatic heterocycles. The van der Waals surface area contributed by atoms with Crippen LogP contribution >= 0.6 is 0 Å². The molecule has 1 amide bonds. The third kappa shape index (κ3) is 4.52. The summed E-state index contributed by atoms with van der Waals surface area (Å²) in [5.41, 5.74) is 5.40. The van der Waals surface area contributed by atoms with Gasteiger partial charge < -0.3 is 19.3 Å². The average Bonchev–Trinajstić information content (AvgIpc) is 2.92. The molecule has 4 aromatic rings. The Bertz CT molecular complexity index is 1360. The summed E-state index contributed by atoms with van der Waals surface area (Å²) >= 11 is 0. The molecule has 1 fully saturated rings. The number of rotatable bonds is 5. The summed E-state index contributed by atoms with van der Waals surface area (Å²) in [6.07, 6.45) is 0. The number of nitrogens with zero attached hydrogens (tertiary/aromatic N) is 3. The Morgan fingerprint density at radius 2 is 1.60 bits per heavy atom. The third-order valence-electron chi connectivity index (χ3n) is 6.57. The fraction of sp³-hybridized carbons (Fsp3) is 0.241. The van der Waals surface area contributed by atoms with Crippen molar-refractivity contribution in [3.8, 4) is 22.8 Å². The van der Waals surface area contributed by atoms with Crippen molar-refractivity contribution in [2.24, 2.45) is 0 Å². The van der Waals surface area contributed by atoms with E-state index in [1.807, 2.05) is 72.5 Å². The molecule has 2 heterocycles. The molecular weight excluding hydrogens is 438 g/mol. The van der Waals surface area contributed by atoms with E-state index in [0.717, 1.165) is 58.0 Å². The first kappa shape index (κ1) is 22.7. The molecule has 178 valence electrons. The van der Waals surface area contributed by atoms with Gasteiger partial charge in [-0.05, 0) is 61.5 Å². The lowest BCUT2D eigenvalue weighted by molar-refractivity contribution is 0.0748. The first-order valence-electron chi connectivity index (χ1n) is 11.8. The number of pyridine rings is 1. The van der Waals surface area contributed by atoms with Crippen LogP contribution in [0.5, 0.6) is 11.5 Å². The number of aromatic nitrogens is 1. The van der Waals surface area contributed by atoms with Crippen molar-refractivity contribution in [3.63, 3.8) is 0 Å². The van der Waals surface area contributed by atoms with Crippen molar-refractivity contribution >= 4 is 22.5 Å².